The van der Waals surface area contributed by atoms with E-state index in [1.807, 2.05) is 42.5 Å². The molecule has 1 heterocycles. The molecule has 3 rings (SSSR count). The van der Waals surface area contributed by atoms with Gasteiger partial charge in [-0.2, -0.15) is 13.2 Å². The van der Waals surface area contributed by atoms with E-state index in [0.29, 0.717) is 24.3 Å². The minimum absolute atomic E-state index is 0.0792. The van der Waals surface area contributed by atoms with Crippen molar-refractivity contribution in [2.24, 2.45) is 0 Å². The maximum atomic E-state index is 12.4. The van der Waals surface area contributed by atoms with Crippen LogP contribution in [0.5, 0.6) is 0 Å². The van der Waals surface area contributed by atoms with Gasteiger partial charge in [-0.1, -0.05) is 42.5 Å². The van der Waals surface area contributed by atoms with Crippen molar-refractivity contribution in [1.29, 1.82) is 0 Å². The predicted molar refractivity (Wildman–Crippen MR) is 94.7 cm³/mol. The Morgan fingerprint density at radius 1 is 0.923 bits per heavy atom. The largest absolute Gasteiger partial charge is 0.455 e. The highest BCUT2D eigenvalue weighted by molar-refractivity contribution is 7.16. The van der Waals surface area contributed by atoms with Gasteiger partial charge in [0.15, 0.2) is 0 Å². The van der Waals surface area contributed by atoms with Gasteiger partial charge < -0.3 is 5.32 Å². The quantitative estimate of drug-likeness (QED) is 0.660. The molecule has 1 N–H and O–H groups in total. The summed E-state index contributed by atoms with van der Waals surface area (Å²) in [6.45, 7) is 0.341. The molecule has 0 fully saturated rings. The van der Waals surface area contributed by atoms with E-state index >= 15 is 0 Å². The summed E-state index contributed by atoms with van der Waals surface area (Å²) in [6.07, 6.45) is -4.35. The van der Waals surface area contributed by atoms with E-state index in [4.69, 9.17) is 0 Å². The fraction of sp³-hybridized carbons (Fsp3) is 0.158. The van der Waals surface area contributed by atoms with Crippen LogP contribution in [-0.2, 0) is 6.42 Å². The minimum Gasteiger partial charge on any atom is -0.351 e. The number of fused-ring (bicyclic) bond motifs is 1. The van der Waals surface area contributed by atoms with Crippen molar-refractivity contribution in [3.8, 4) is 0 Å². The number of Topliss-reactive ketones (excluding diaryl/α,β-unsaturated/α-hetero) is 1. The van der Waals surface area contributed by atoms with Crippen molar-refractivity contribution in [1.82, 2.24) is 5.32 Å². The van der Waals surface area contributed by atoms with Gasteiger partial charge in [0, 0.05) is 6.54 Å². The standard InChI is InChI=1S/C19H14F3NO2S/c20-19(21,22)17(24)15-8-9-16(26-15)18(25)23-11-10-13-6-3-5-12-4-1-2-7-14(12)13/h1-9H,10-11H2,(H,23,25). The van der Waals surface area contributed by atoms with Crippen LogP contribution in [-0.4, -0.2) is 24.4 Å². The van der Waals surface area contributed by atoms with Crippen LogP contribution in [0.3, 0.4) is 0 Å². The Labute approximate surface area is 151 Å². The third-order valence-corrected chi connectivity index (χ3v) is 4.95. The lowest BCUT2D eigenvalue weighted by Crippen LogP contribution is -2.25. The number of amides is 1. The lowest BCUT2D eigenvalue weighted by molar-refractivity contribution is -0.0882. The molecule has 3 aromatic rings. The maximum Gasteiger partial charge on any atom is 0.455 e. The molecule has 0 bridgehead atoms. The summed E-state index contributed by atoms with van der Waals surface area (Å²) in [5, 5.41) is 4.88. The molecule has 0 aliphatic heterocycles. The van der Waals surface area contributed by atoms with Crippen LogP contribution >= 0.6 is 11.3 Å². The Morgan fingerprint density at radius 2 is 1.62 bits per heavy atom. The molecule has 134 valence electrons. The smallest absolute Gasteiger partial charge is 0.351 e. The number of halogens is 3. The number of hydrogen-bond acceptors (Lipinski definition) is 3. The molecule has 0 unspecified atom stereocenters. The van der Waals surface area contributed by atoms with Crippen LogP contribution in [0.25, 0.3) is 10.8 Å². The summed E-state index contributed by atoms with van der Waals surface area (Å²) in [5.41, 5.74) is 1.07. The van der Waals surface area contributed by atoms with E-state index in [1.54, 1.807) is 0 Å². The highest BCUT2D eigenvalue weighted by Crippen LogP contribution is 2.26. The highest BCUT2D eigenvalue weighted by atomic mass is 32.1. The number of carbonyl (C=O) groups excluding carboxylic acids is 2. The van der Waals surface area contributed by atoms with Gasteiger partial charge in [-0.05, 0) is 34.9 Å². The SMILES string of the molecule is O=C(NCCc1cccc2ccccc12)c1ccc(C(=O)C(F)(F)F)s1. The topological polar surface area (TPSA) is 46.2 Å². The van der Waals surface area contributed by atoms with Gasteiger partial charge in [0.1, 0.15) is 0 Å². The van der Waals surface area contributed by atoms with E-state index in [0.717, 1.165) is 22.4 Å². The first kappa shape index (κ1) is 18.1. The van der Waals surface area contributed by atoms with Crippen LogP contribution in [0.15, 0.2) is 54.6 Å². The monoisotopic (exact) mass is 377 g/mol. The van der Waals surface area contributed by atoms with E-state index in [9.17, 15) is 22.8 Å². The Bertz CT molecular complexity index is 957. The second-order valence-electron chi connectivity index (χ2n) is 5.63. The third-order valence-electron chi connectivity index (χ3n) is 3.87. The number of thiophene rings is 1. The molecule has 0 aliphatic carbocycles. The molecule has 1 aromatic heterocycles. The van der Waals surface area contributed by atoms with E-state index < -0.39 is 22.7 Å². The predicted octanol–water partition coefficient (Wildman–Crippen LogP) is 4.62. The van der Waals surface area contributed by atoms with Gasteiger partial charge in [-0.3, -0.25) is 9.59 Å². The first-order valence-corrected chi connectivity index (χ1v) is 8.64. The zero-order chi connectivity index (χ0) is 18.7. The average molecular weight is 377 g/mol. The maximum absolute atomic E-state index is 12.4. The van der Waals surface area contributed by atoms with E-state index in [1.165, 1.54) is 6.07 Å². The molecule has 0 radical (unpaired) electrons. The molecular formula is C19H14F3NO2S. The number of rotatable bonds is 5. The second-order valence-corrected chi connectivity index (χ2v) is 6.72. The third kappa shape index (κ3) is 3.94. The van der Waals surface area contributed by atoms with Gasteiger partial charge in [-0.25, -0.2) is 0 Å². The van der Waals surface area contributed by atoms with Crippen LogP contribution in [0, 0.1) is 0 Å². The summed E-state index contributed by atoms with van der Waals surface area (Å²) in [5.74, 6) is -2.42. The molecule has 0 atom stereocenters. The first-order valence-electron chi connectivity index (χ1n) is 7.82. The number of hydrogen-bond donors (Lipinski definition) is 1. The minimum atomic E-state index is -4.94. The molecule has 3 nitrogen and oxygen atoms in total. The van der Waals surface area contributed by atoms with Gasteiger partial charge in [0.05, 0.1) is 9.75 Å². The Hall–Kier alpha value is -2.67. The summed E-state index contributed by atoms with van der Waals surface area (Å²) in [6, 6.07) is 16.1. The number of carbonyl (C=O) groups is 2. The van der Waals surface area contributed by atoms with Crippen LogP contribution in [0.2, 0.25) is 0 Å². The fourth-order valence-corrected chi connectivity index (χ4v) is 3.51. The second kappa shape index (κ2) is 7.29. The number of alkyl halides is 3. The fourth-order valence-electron chi connectivity index (χ4n) is 2.63. The summed E-state index contributed by atoms with van der Waals surface area (Å²) < 4.78 is 37.3. The molecular weight excluding hydrogens is 363 g/mol. The van der Waals surface area contributed by atoms with Crippen molar-refractivity contribution in [2.45, 2.75) is 12.6 Å². The van der Waals surface area contributed by atoms with Crippen LogP contribution < -0.4 is 5.32 Å². The van der Waals surface area contributed by atoms with Gasteiger partial charge in [0.25, 0.3) is 11.7 Å². The number of nitrogens with one attached hydrogen (secondary N) is 1. The van der Waals surface area contributed by atoms with E-state index in [2.05, 4.69) is 5.32 Å². The Kier molecular flexibility index (Phi) is 5.08. The van der Waals surface area contributed by atoms with Gasteiger partial charge in [0.2, 0.25) is 0 Å². The average Bonchev–Trinajstić information content (AvgIpc) is 3.10. The van der Waals surface area contributed by atoms with Crippen molar-refractivity contribution >= 4 is 33.8 Å². The molecule has 0 saturated heterocycles. The lowest BCUT2D eigenvalue weighted by Gasteiger charge is -2.07. The van der Waals surface area contributed by atoms with Crippen molar-refractivity contribution < 1.29 is 22.8 Å². The van der Waals surface area contributed by atoms with Crippen molar-refractivity contribution in [3.63, 3.8) is 0 Å². The Balaban J connectivity index is 1.63. The zero-order valence-electron chi connectivity index (χ0n) is 13.5. The number of ketones is 1. The van der Waals surface area contributed by atoms with Crippen molar-refractivity contribution in [3.05, 3.63) is 69.9 Å². The Morgan fingerprint density at radius 3 is 2.38 bits per heavy atom. The molecule has 26 heavy (non-hydrogen) atoms. The zero-order valence-corrected chi connectivity index (χ0v) is 14.3. The molecule has 0 spiro atoms. The normalized spacial score (nSPS) is 11.5. The molecule has 1 amide bonds. The van der Waals surface area contributed by atoms with E-state index in [-0.39, 0.29) is 4.88 Å². The first-order chi connectivity index (χ1) is 12.4. The summed E-state index contributed by atoms with van der Waals surface area (Å²) in [4.78, 5) is 22.9. The molecule has 2 aromatic carbocycles. The van der Waals surface area contributed by atoms with Crippen LogP contribution in [0.4, 0.5) is 13.2 Å². The van der Waals surface area contributed by atoms with Gasteiger partial charge in [-0.15, -0.1) is 11.3 Å². The highest BCUT2D eigenvalue weighted by Gasteiger charge is 2.40. The molecule has 7 heteroatoms. The molecule has 0 saturated carbocycles. The summed E-state index contributed by atoms with van der Waals surface area (Å²) in [7, 11) is 0. The van der Waals surface area contributed by atoms with Crippen LogP contribution in [0.1, 0.15) is 24.9 Å². The lowest BCUT2D eigenvalue weighted by atomic mass is 10.0. The summed E-state index contributed by atoms with van der Waals surface area (Å²) >= 11 is 0.543. The molecule has 0 aliphatic rings. The van der Waals surface area contributed by atoms with Crippen molar-refractivity contribution in [2.75, 3.05) is 6.54 Å². The number of benzene rings is 2. The van der Waals surface area contributed by atoms with Gasteiger partial charge >= 0.3 is 6.18 Å².